The first-order valence-electron chi connectivity index (χ1n) is 6.72. The molecule has 1 N–H and O–H groups in total. The fraction of sp³-hybridized carbons (Fsp3) is 0.571. The summed E-state index contributed by atoms with van der Waals surface area (Å²) in [6, 6.07) is 7.60. The smallest absolute Gasteiger partial charge is 0.181 e. The molecule has 1 aliphatic heterocycles. The van der Waals surface area contributed by atoms with Crippen LogP contribution in [-0.2, 0) is 9.84 Å². The topological polar surface area (TPSA) is 46.2 Å². The highest BCUT2D eigenvalue weighted by molar-refractivity contribution is 7.92. The molecule has 0 bridgehead atoms. The Balaban J connectivity index is 1.80. The van der Waals surface area contributed by atoms with Gasteiger partial charge in [-0.1, -0.05) is 12.1 Å². The van der Waals surface area contributed by atoms with Gasteiger partial charge in [-0.15, -0.1) is 0 Å². The number of rotatable bonds is 3. The second-order valence-electron chi connectivity index (χ2n) is 5.34. The number of nitrogens with one attached hydrogen (secondary N) is 1. The minimum absolute atomic E-state index is 0.109. The molecule has 0 spiro atoms. The van der Waals surface area contributed by atoms with Crippen molar-refractivity contribution in [2.24, 2.45) is 0 Å². The molecule has 4 heteroatoms. The van der Waals surface area contributed by atoms with Crippen molar-refractivity contribution in [2.75, 3.05) is 13.1 Å². The molecule has 1 aliphatic carbocycles. The molecule has 1 aromatic carbocycles. The fourth-order valence-electron chi connectivity index (χ4n) is 2.66. The van der Waals surface area contributed by atoms with Crippen LogP contribution in [-0.4, -0.2) is 26.8 Å². The van der Waals surface area contributed by atoms with E-state index >= 15 is 0 Å². The first-order valence-corrected chi connectivity index (χ1v) is 8.27. The van der Waals surface area contributed by atoms with Crippen LogP contribution in [0.5, 0.6) is 0 Å². The lowest BCUT2D eigenvalue weighted by Crippen LogP contribution is -2.26. The van der Waals surface area contributed by atoms with E-state index in [4.69, 9.17) is 0 Å². The molecule has 0 atom stereocenters. The van der Waals surface area contributed by atoms with Crippen molar-refractivity contribution >= 4 is 9.84 Å². The van der Waals surface area contributed by atoms with Gasteiger partial charge in [0.1, 0.15) is 0 Å². The Hall–Kier alpha value is -0.870. The zero-order valence-electron chi connectivity index (χ0n) is 10.4. The van der Waals surface area contributed by atoms with Crippen LogP contribution in [0, 0.1) is 0 Å². The molecular weight excluding hydrogens is 246 g/mol. The highest BCUT2D eigenvalue weighted by Gasteiger charge is 2.36. The molecule has 2 fully saturated rings. The fourth-order valence-corrected chi connectivity index (χ4v) is 4.31. The van der Waals surface area contributed by atoms with Gasteiger partial charge in [-0.05, 0) is 62.4 Å². The zero-order chi connectivity index (χ0) is 12.6. The minimum Gasteiger partial charge on any atom is -0.317 e. The van der Waals surface area contributed by atoms with Gasteiger partial charge in [0, 0.05) is 0 Å². The van der Waals surface area contributed by atoms with E-state index in [1.54, 1.807) is 12.1 Å². The van der Waals surface area contributed by atoms with Crippen molar-refractivity contribution in [1.82, 2.24) is 5.32 Å². The maximum absolute atomic E-state index is 12.1. The Morgan fingerprint density at radius 3 is 2.11 bits per heavy atom. The Labute approximate surface area is 109 Å². The van der Waals surface area contributed by atoms with Crippen LogP contribution in [0.4, 0.5) is 0 Å². The van der Waals surface area contributed by atoms with Crippen LogP contribution in [0.15, 0.2) is 29.2 Å². The normalized spacial score (nSPS) is 22.0. The van der Waals surface area contributed by atoms with Crippen LogP contribution in [0.1, 0.15) is 37.2 Å². The van der Waals surface area contributed by atoms with Crippen molar-refractivity contribution in [3.63, 3.8) is 0 Å². The van der Waals surface area contributed by atoms with E-state index in [1.807, 2.05) is 12.1 Å². The lowest BCUT2D eigenvalue weighted by molar-refractivity contribution is 0.460. The molecule has 98 valence electrons. The van der Waals surface area contributed by atoms with Gasteiger partial charge in [0.2, 0.25) is 0 Å². The van der Waals surface area contributed by atoms with Gasteiger partial charge in [0.25, 0.3) is 0 Å². The molecule has 3 rings (SSSR count). The van der Waals surface area contributed by atoms with Gasteiger partial charge in [-0.25, -0.2) is 8.42 Å². The third kappa shape index (κ3) is 2.31. The van der Waals surface area contributed by atoms with E-state index in [2.05, 4.69) is 5.32 Å². The molecule has 3 nitrogen and oxygen atoms in total. The summed E-state index contributed by atoms with van der Waals surface area (Å²) in [6.07, 6.45) is 3.96. The Morgan fingerprint density at radius 2 is 1.56 bits per heavy atom. The van der Waals surface area contributed by atoms with Crippen LogP contribution >= 0.6 is 0 Å². The van der Waals surface area contributed by atoms with Gasteiger partial charge < -0.3 is 5.32 Å². The summed E-state index contributed by atoms with van der Waals surface area (Å²) in [6.45, 7) is 2.12. The predicted molar refractivity (Wildman–Crippen MR) is 71.5 cm³/mol. The van der Waals surface area contributed by atoms with Crippen molar-refractivity contribution in [3.05, 3.63) is 29.8 Å². The first kappa shape index (κ1) is 12.2. The van der Waals surface area contributed by atoms with Crippen LogP contribution in [0.2, 0.25) is 0 Å². The van der Waals surface area contributed by atoms with Gasteiger partial charge in [0.15, 0.2) is 9.84 Å². The van der Waals surface area contributed by atoms with E-state index in [0.717, 1.165) is 38.8 Å². The lowest BCUT2D eigenvalue weighted by Gasteiger charge is -2.23. The van der Waals surface area contributed by atoms with Crippen molar-refractivity contribution in [3.8, 4) is 0 Å². The number of benzene rings is 1. The largest absolute Gasteiger partial charge is 0.317 e. The molecule has 0 radical (unpaired) electrons. The maximum atomic E-state index is 12.1. The van der Waals surface area contributed by atoms with E-state index in [0.29, 0.717) is 10.8 Å². The molecule has 0 unspecified atom stereocenters. The van der Waals surface area contributed by atoms with Crippen LogP contribution in [0.25, 0.3) is 0 Å². The van der Waals surface area contributed by atoms with E-state index in [1.165, 1.54) is 5.56 Å². The summed E-state index contributed by atoms with van der Waals surface area (Å²) in [5.74, 6) is 0.587. The number of piperidine rings is 1. The zero-order valence-corrected chi connectivity index (χ0v) is 11.2. The molecule has 0 amide bonds. The molecule has 1 heterocycles. The number of hydrogen-bond donors (Lipinski definition) is 1. The quantitative estimate of drug-likeness (QED) is 0.910. The second kappa shape index (κ2) is 4.67. The summed E-state index contributed by atoms with van der Waals surface area (Å²) < 4.78 is 24.1. The highest BCUT2D eigenvalue weighted by Crippen LogP contribution is 2.34. The summed E-state index contributed by atoms with van der Waals surface area (Å²) in [5.41, 5.74) is 1.28. The van der Waals surface area contributed by atoms with Gasteiger partial charge in [-0.2, -0.15) is 0 Å². The average molecular weight is 265 g/mol. The molecule has 1 saturated carbocycles. The summed E-state index contributed by atoms with van der Waals surface area (Å²) >= 11 is 0. The molecule has 1 saturated heterocycles. The van der Waals surface area contributed by atoms with Crippen molar-refractivity contribution in [1.29, 1.82) is 0 Å². The third-order valence-electron chi connectivity index (χ3n) is 3.98. The summed E-state index contributed by atoms with van der Waals surface area (Å²) in [7, 11) is -3.03. The van der Waals surface area contributed by atoms with Gasteiger partial charge in [0.05, 0.1) is 10.1 Å². The van der Waals surface area contributed by atoms with Crippen molar-refractivity contribution < 1.29 is 8.42 Å². The van der Waals surface area contributed by atoms with E-state index < -0.39 is 9.84 Å². The maximum Gasteiger partial charge on any atom is 0.181 e. The predicted octanol–water partition coefficient (Wildman–Crippen LogP) is 2.09. The molecular formula is C14H19NO2S. The monoisotopic (exact) mass is 265 g/mol. The third-order valence-corrected chi connectivity index (χ3v) is 6.26. The second-order valence-corrected chi connectivity index (χ2v) is 7.57. The Bertz CT molecular complexity index is 511. The lowest BCUT2D eigenvalue weighted by atomic mass is 9.90. The van der Waals surface area contributed by atoms with Gasteiger partial charge in [-0.3, -0.25) is 0 Å². The SMILES string of the molecule is O=S(=O)(c1ccc(C2CCNCC2)cc1)C1CC1. The summed E-state index contributed by atoms with van der Waals surface area (Å²) in [4.78, 5) is 0.502. The Morgan fingerprint density at radius 1 is 0.944 bits per heavy atom. The van der Waals surface area contributed by atoms with Gasteiger partial charge >= 0.3 is 0 Å². The standard InChI is InChI=1S/C14H19NO2S/c16-18(17,14-5-6-14)13-3-1-11(2-4-13)12-7-9-15-10-8-12/h1-4,12,14-15H,5-10H2. The molecule has 2 aliphatic rings. The molecule has 0 aromatic heterocycles. The minimum atomic E-state index is -3.03. The Kier molecular flexibility index (Phi) is 3.16. The first-order chi connectivity index (χ1) is 8.68. The number of hydrogen-bond acceptors (Lipinski definition) is 3. The highest BCUT2D eigenvalue weighted by atomic mass is 32.2. The average Bonchev–Trinajstić information content (AvgIpc) is 3.25. The van der Waals surface area contributed by atoms with Crippen molar-refractivity contribution in [2.45, 2.75) is 41.7 Å². The summed E-state index contributed by atoms with van der Waals surface area (Å²) in [5, 5.41) is 3.24. The van der Waals surface area contributed by atoms with Crippen LogP contribution in [0.3, 0.4) is 0 Å². The van der Waals surface area contributed by atoms with E-state index in [-0.39, 0.29) is 5.25 Å². The van der Waals surface area contributed by atoms with E-state index in [9.17, 15) is 8.42 Å². The molecule has 1 aromatic rings. The van der Waals surface area contributed by atoms with Crippen LogP contribution < -0.4 is 5.32 Å². The molecule has 18 heavy (non-hydrogen) atoms. The number of sulfone groups is 1.